The van der Waals surface area contributed by atoms with E-state index < -0.39 is 15.9 Å². The second-order valence-electron chi connectivity index (χ2n) is 8.44. The van der Waals surface area contributed by atoms with Crippen molar-refractivity contribution in [1.29, 1.82) is 0 Å². The Balaban J connectivity index is 1.39. The van der Waals surface area contributed by atoms with Gasteiger partial charge in [0, 0.05) is 22.5 Å². The number of carbonyl (C=O) groups is 1. The molecule has 0 atom stereocenters. The molecule has 0 unspecified atom stereocenters. The first-order chi connectivity index (χ1) is 17.8. The number of hydrogen-bond donors (Lipinski definition) is 1. The fourth-order valence-electron chi connectivity index (χ4n) is 4.28. The van der Waals surface area contributed by atoms with Crippen molar-refractivity contribution in [3.05, 3.63) is 87.8 Å². The van der Waals surface area contributed by atoms with Crippen LogP contribution in [0, 0.1) is 6.92 Å². The predicted octanol–water partition coefficient (Wildman–Crippen LogP) is 6.17. The third kappa shape index (κ3) is 4.94. The van der Waals surface area contributed by atoms with E-state index in [2.05, 4.69) is 10.3 Å². The molecule has 1 amide bonds. The largest absolute Gasteiger partial charge is 0.494 e. The summed E-state index contributed by atoms with van der Waals surface area (Å²) in [4.78, 5) is 18.5. The lowest BCUT2D eigenvalue weighted by atomic mass is 10.1. The number of thiazole rings is 1. The van der Waals surface area contributed by atoms with E-state index in [1.807, 2.05) is 50.2 Å². The second-order valence-corrected chi connectivity index (χ2v) is 11.9. The number of nitrogens with one attached hydrogen (secondary N) is 1. The second kappa shape index (κ2) is 10.2. The molecule has 4 aromatic rings. The van der Waals surface area contributed by atoms with Crippen LogP contribution in [0.1, 0.15) is 27.7 Å². The maximum absolute atomic E-state index is 13.5. The van der Waals surface area contributed by atoms with Crippen LogP contribution in [0.25, 0.3) is 11.3 Å². The molecule has 0 saturated heterocycles. The highest BCUT2D eigenvalue weighted by Crippen LogP contribution is 2.36. The van der Waals surface area contributed by atoms with E-state index in [9.17, 15) is 13.2 Å². The average molecular weight is 554 g/mol. The number of rotatable bonds is 7. The van der Waals surface area contributed by atoms with Crippen molar-refractivity contribution in [2.75, 3.05) is 22.8 Å². The monoisotopic (exact) mass is 553 g/mol. The number of nitrogens with zero attached hydrogens (tertiary/aromatic N) is 2. The molecule has 1 aliphatic heterocycles. The topological polar surface area (TPSA) is 88.6 Å². The molecule has 3 aromatic carbocycles. The molecule has 7 nitrogen and oxygen atoms in total. The molecule has 5 rings (SSSR count). The van der Waals surface area contributed by atoms with Crippen molar-refractivity contribution in [3.63, 3.8) is 0 Å². The van der Waals surface area contributed by atoms with Crippen molar-refractivity contribution in [2.45, 2.75) is 25.2 Å². The summed E-state index contributed by atoms with van der Waals surface area (Å²) in [6.07, 6.45) is 0.618. The Hall–Kier alpha value is -3.40. The average Bonchev–Trinajstić information content (AvgIpc) is 3.48. The minimum Gasteiger partial charge on any atom is -0.494 e. The summed E-state index contributed by atoms with van der Waals surface area (Å²) in [6.45, 7) is 4.77. The lowest BCUT2D eigenvalue weighted by Crippen LogP contribution is -2.29. The highest BCUT2D eigenvalue weighted by atomic mass is 35.5. The number of anilines is 2. The molecule has 1 aromatic heterocycles. The van der Waals surface area contributed by atoms with E-state index in [0.29, 0.717) is 30.4 Å². The minimum atomic E-state index is -3.96. The van der Waals surface area contributed by atoms with Crippen molar-refractivity contribution in [1.82, 2.24) is 4.98 Å². The van der Waals surface area contributed by atoms with Crippen molar-refractivity contribution < 1.29 is 17.9 Å². The number of benzene rings is 3. The van der Waals surface area contributed by atoms with Gasteiger partial charge >= 0.3 is 0 Å². The van der Waals surface area contributed by atoms with Gasteiger partial charge in [-0.2, -0.15) is 0 Å². The van der Waals surface area contributed by atoms with E-state index in [0.717, 1.165) is 27.4 Å². The van der Waals surface area contributed by atoms with Crippen molar-refractivity contribution in [2.24, 2.45) is 0 Å². The summed E-state index contributed by atoms with van der Waals surface area (Å²) in [5, 5.41) is 3.27. The van der Waals surface area contributed by atoms with Crippen LogP contribution in [0.4, 0.5) is 10.8 Å². The quantitative estimate of drug-likeness (QED) is 0.295. The number of carbonyl (C=O) groups excluding carboxylic acids is 1. The summed E-state index contributed by atoms with van der Waals surface area (Å²) in [5.74, 6) is 0.306. The number of fused-ring (bicyclic) bond motifs is 1. The van der Waals surface area contributed by atoms with E-state index in [4.69, 9.17) is 16.3 Å². The zero-order chi connectivity index (χ0) is 26.2. The highest BCUT2D eigenvalue weighted by Gasteiger charge is 2.32. The van der Waals surface area contributed by atoms with Gasteiger partial charge < -0.3 is 4.74 Å². The van der Waals surface area contributed by atoms with E-state index >= 15 is 0 Å². The predicted molar refractivity (Wildman–Crippen MR) is 148 cm³/mol. The summed E-state index contributed by atoms with van der Waals surface area (Å²) in [6, 6.07) is 19.2. The normalized spacial score (nSPS) is 12.9. The number of aryl methyl sites for hydroxylation is 1. The molecule has 0 aliphatic carbocycles. The van der Waals surface area contributed by atoms with Crippen LogP contribution < -0.4 is 14.4 Å². The Morgan fingerprint density at radius 2 is 1.89 bits per heavy atom. The molecule has 190 valence electrons. The molecule has 2 heterocycles. The highest BCUT2D eigenvalue weighted by molar-refractivity contribution is 7.93. The summed E-state index contributed by atoms with van der Waals surface area (Å²) < 4.78 is 33.9. The van der Waals surface area contributed by atoms with Crippen LogP contribution in [0.15, 0.2) is 71.6 Å². The zero-order valence-corrected chi connectivity index (χ0v) is 22.6. The molecular weight excluding hydrogens is 530 g/mol. The molecule has 10 heteroatoms. The number of hydrogen-bond acceptors (Lipinski definition) is 6. The fraction of sp³-hybridized carbons (Fsp3) is 0.185. The summed E-state index contributed by atoms with van der Waals surface area (Å²) in [7, 11) is -3.96. The van der Waals surface area contributed by atoms with Crippen LogP contribution in [-0.4, -0.2) is 32.5 Å². The van der Waals surface area contributed by atoms with Crippen LogP contribution >= 0.6 is 22.9 Å². The van der Waals surface area contributed by atoms with Gasteiger partial charge in [0.05, 0.1) is 23.0 Å². The van der Waals surface area contributed by atoms with Gasteiger partial charge in [-0.05, 0) is 74.4 Å². The molecular formula is C27H24ClN3O4S2. The number of aromatic nitrogens is 1. The molecule has 0 spiro atoms. The van der Waals surface area contributed by atoms with Gasteiger partial charge in [-0.3, -0.25) is 14.4 Å². The van der Waals surface area contributed by atoms with Gasteiger partial charge in [-0.1, -0.05) is 29.8 Å². The minimum absolute atomic E-state index is 0.0591. The van der Waals surface area contributed by atoms with Crippen molar-refractivity contribution in [3.8, 4) is 17.0 Å². The van der Waals surface area contributed by atoms with Crippen LogP contribution in [0.3, 0.4) is 0 Å². The maximum atomic E-state index is 13.5. The third-order valence-corrected chi connectivity index (χ3v) is 9.24. The maximum Gasteiger partial charge on any atom is 0.265 e. The fourth-order valence-corrected chi connectivity index (χ4v) is 7.12. The van der Waals surface area contributed by atoms with Crippen LogP contribution in [0.2, 0.25) is 5.02 Å². The number of ether oxygens (including phenoxy) is 1. The summed E-state index contributed by atoms with van der Waals surface area (Å²) >= 11 is 7.66. The van der Waals surface area contributed by atoms with Gasteiger partial charge in [0.2, 0.25) is 0 Å². The van der Waals surface area contributed by atoms with Crippen LogP contribution in [0.5, 0.6) is 5.75 Å². The number of para-hydroxylation sites is 1. The Labute approximate surface area is 224 Å². The molecule has 37 heavy (non-hydrogen) atoms. The number of amides is 1. The molecule has 1 N–H and O–H groups in total. The lowest BCUT2D eigenvalue weighted by molar-refractivity contribution is 0.102. The standard InChI is InChI=1S/C27H24ClN3O4S2/c1-3-35-21-11-8-19(9-12-21)25-17(2)36-27(29-25)30-26(32)20-10-13-22(28)24(16-20)37(33,34)31-15-14-18-6-4-5-7-23(18)31/h4-13,16H,3,14-15H2,1-2H3,(H,29,30,32). The van der Waals surface area contributed by atoms with Crippen LogP contribution in [-0.2, 0) is 16.4 Å². The smallest absolute Gasteiger partial charge is 0.265 e. The van der Waals surface area contributed by atoms with Gasteiger partial charge in [-0.25, -0.2) is 13.4 Å². The first-order valence-corrected chi connectivity index (χ1v) is 14.3. The number of halogens is 1. The van der Waals surface area contributed by atoms with Gasteiger partial charge in [0.15, 0.2) is 5.13 Å². The third-order valence-electron chi connectivity index (χ3n) is 6.06. The molecule has 0 fully saturated rings. The van der Waals surface area contributed by atoms with Crippen molar-refractivity contribution >= 4 is 49.7 Å². The van der Waals surface area contributed by atoms with E-state index in [1.165, 1.54) is 33.8 Å². The molecule has 0 saturated carbocycles. The first kappa shape index (κ1) is 25.3. The molecule has 1 aliphatic rings. The number of sulfonamides is 1. The Morgan fingerprint density at radius 1 is 1.14 bits per heavy atom. The summed E-state index contributed by atoms with van der Waals surface area (Å²) in [5.41, 5.74) is 3.43. The zero-order valence-electron chi connectivity index (χ0n) is 20.2. The van der Waals surface area contributed by atoms with E-state index in [1.54, 1.807) is 12.1 Å². The molecule has 0 radical (unpaired) electrons. The Morgan fingerprint density at radius 3 is 2.65 bits per heavy atom. The van der Waals surface area contributed by atoms with Gasteiger partial charge in [0.1, 0.15) is 10.6 Å². The molecule has 0 bridgehead atoms. The lowest BCUT2D eigenvalue weighted by Gasteiger charge is -2.20. The SMILES string of the molecule is CCOc1ccc(-c2nc(NC(=O)c3ccc(Cl)c(S(=O)(=O)N4CCc5ccccc54)c3)sc2C)cc1. The first-order valence-electron chi connectivity index (χ1n) is 11.7. The van der Waals surface area contributed by atoms with Gasteiger partial charge in [0.25, 0.3) is 15.9 Å². The van der Waals surface area contributed by atoms with E-state index in [-0.39, 0.29) is 15.5 Å². The van der Waals surface area contributed by atoms with Gasteiger partial charge in [-0.15, -0.1) is 11.3 Å². The Kier molecular flexibility index (Phi) is 6.94. The Bertz CT molecular complexity index is 1580.